The molecule has 6 nitrogen and oxygen atoms in total. The zero-order valence-corrected chi connectivity index (χ0v) is 10.4. The third-order valence-corrected chi connectivity index (χ3v) is 2.46. The normalized spacial score (nSPS) is 11.6. The molecule has 0 spiro atoms. The minimum absolute atomic E-state index is 0.00917. The van der Waals surface area contributed by atoms with E-state index in [-0.39, 0.29) is 5.84 Å². The van der Waals surface area contributed by atoms with Gasteiger partial charge in [-0.2, -0.15) is 5.10 Å². The van der Waals surface area contributed by atoms with Crippen LogP contribution in [0, 0.1) is 0 Å². The van der Waals surface area contributed by atoms with Gasteiger partial charge in [-0.15, -0.1) is 5.10 Å². The maximum absolute atomic E-state index is 8.82. The van der Waals surface area contributed by atoms with Crippen LogP contribution in [0.15, 0.2) is 5.16 Å². The fraction of sp³-hybridized carbons (Fsp3) is 0.545. The quantitative estimate of drug-likeness (QED) is 0.346. The van der Waals surface area contributed by atoms with Crippen LogP contribution < -0.4 is 10.5 Å². The van der Waals surface area contributed by atoms with E-state index in [0.717, 1.165) is 24.1 Å². The fourth-order valence-corrected chi connectivity index (χ4v) is 1.71. The van der Waals surface area contributed by atoms with Crippen LogP contribution in [-0.4, -0.2) is 27.8 Å². The van der Waals surface area contributed by atoms with E-state index >= 15 is 0 Å². The van der Waals surface area contributed by atoms with E-state index in [1.54, 1.807) is 0 Å². The zero-order valence-electron chi connectivity index (χ0n) is 10.4. The van der Waals surface area contributed by atoms with Gasteiger partial charge in [0, 0.05) is 0 Å². The van der Waals surface area contributed by atoms with Crippen LogP contribution in [0.25, 0.3) is 0 Å². The van der Waals surface area contributed by atoms with E-state index in [9.17, 15) is 0 Å². The lowest BCUT2D eigenvalue weighted by molar-refractivity contribution is 0.312. The van der Waals surface area contributed by atoms with E-state index in [0.29, 0.717) is 18.1 Å². The average Bonchev–Trinajstić information content (AvgIpc) is 2.37. The third kappa shape index (κ3) is 2.64. The Labute approximate surface area is 100 Å². The van der Waals surface area contributed by atoms with E-state index < -0.39 is 0 Å². The second-order valence-electron chi connectivity index (χ2n) is 3.43. The van der Waals surface area contributed by atoms with Gasteiger partial charge in [0.05, 0.1) is 17.9 Å². The number of aromatic nitrogens is 2. The number of nitrogens with two attached hydrogens (primary N) is 1. The molecule has 1 aromatic heterocycles. The second-order valence-corrected chi connectivity index (χ2v) is 3.43. The van der Waals surface area contributed by atoms with Crippen molar-refractivity contribution in [3.8, 4) is 5.88 Å². The smallest absolute Gasteiger partial charge is 0.244 e. The topological polar surface area (TPSA) is 93.6 Å². The Morgan fingerprint density at radius 1 is 1.29 bits per heavy atom. The summed E-state index contributed by atoms with van der Waals surface area (Å²) in [7, 11) is 0. The molecule has 1 aromatic rings. The molecule has 0 radical (unpaired) electrons. The Morgan fingerprint density at radius 3 is 2.47 bits per heavy atom. The molecule has 94 valence electrons. The van der Waals surface area contributed by atoms with Gasteiger partial charge in [-0.3, -0.25) is 0 Å². The first-order valence-corrected chi connectivity index (χ1v) is 5.68. The van der Waals surface area contributed by atoms with Crippen LogP contribution in [0.3, 0.4) is 0 Å². The van der Waals surface area contributed by atoms with Crippen molar-refractivity contribution >= 4 is 5.84 Å². The van der Waals surface area contributed by atoms with Crippen molar-refractivity contribution in [1.29, 1.82) is 0 Å². The predicted molar refractivity (Wildman–Crippen MR) is 64.5 cm³/mol. The SMILES string of the molecule is CCOc1nnc(CC)c(CC)c1C(N)=NO. The van der Waals surface area contributed by atoms with Crippen molar-refractivity contribution in [3.05, 3.63) is 16.8 Å². The maximum Gasteiger partial charge on any atom is 0.244 e. The summed E-state index contributed by atoms with van der Waals surface area (Å²) in [5.74, 6) is 0.326. The summed E-state index contributed by atoms with van der Waals surface area (Å²) in [4.78, 5) is 0. The van der Waals surface area contributed by atoms with Crippen LogP contribution in [0.2, 0.25) is 0 Å². The molecule has 0 aliphatic rings. The monoisotopic (exact) mass is 238 g/mol. The number of rotatable bonds is 5. The second kappa shape index (κ2) is 6.03. The summed E-state index contributed by atoms with van der Waals surface area (Å²) >= 11 is 0. The van der Waals surface area contributed by atoms with E-state index in [1.807, 2.05) is 20.8 Å². The molecular formula is C11H18N4O2. The molecule has 0 aromatic carbocycles. The molecule has 0 saturated heterocycles. The van der Waals surface area contributed by atoms with Crippen molar-refractivity contribution in [2.24, 2.45) is 10.9 Å². The fourth-order valence-electron chi connectivity index (χ4n) is 1.71. The van der Waals surface area contributed by atoms with Gasteiger partial charge >= 0.3 is 0 Å². The van der Waals surface area contributed by atoms with Crippen LogP contribution >= 0.6 is 0 Å². The number of nitrogens with zero attached hydrogens (tertiary/aromatic N) is 3. The van der Waals surface area contributed by atoms with Crippen molar-refractivity contribution in [2.45, 2.75) is 33.6 Å². The first-order valence-electron chi connectivity index (χ1n) is 5.68. The Kier molecular flexibility index (Phi) is 4.68. The van der Waals surface area contributed by atoms with Gasteiger partial charge in [0.25, 0.3) is 0 Å². The van der Waals surface area contributed by atoms with Crippen LogP contribution in [0.1, 0.15) is 37.6 Å². The predicted octanol–water partition coefficient (Wildman–Crippen LogP) is 1.09. The standard InChI is InChI=1S/C11H18N4O2/c1-4-7-8(5-2)13-14-11(17-6-3)9(7)10(12)15-16/h16H,4-6H2,1-3H3,(H2,12,15). The van der Waals surface area contributed by atoms with Gasteiger partial charge in [0.2, 0.25) is 5.88 Å². The number of hydrogen-bond acceptors (Lipinski definition) is 5. The van der Waals surface area contributed by atoms with Gasteiger partial charge in [-0.25, -0.2) is 0 Å². The Hall–Kier alpha value is -1.85. The van der Waals surface area contributed by atoms with Crippen LogP contribution in [0.5, 0.6) is 5.88 Å². The van der Waals surface area contributed by atoms with E-state index in [1.165, 1.54) is 0 Å². The van der Waals surface area contributed by atoms with Crippen LogP contribution in [0.4, 0.5) is 0 Å². The molecule has 0 atom stereocenters. The molecule has 0 amide bonds. The zero-order chi connectivity index (χ0) is 12.8. The van der Waals surface area contributed by atoms with Gasteiger partial charge in [-0.1, -0.05) is 19.0 Å². The molecule has 0 saturated carbocycles. The number of hydrogen-bond donors (Lipinski definition) is 2. The molecule has 0 fully saturated rings. The first kappa shape index (κ1) is 13.2. The van der Waals surface area contributed by atoms with Gasteiger partial charge in [-0.05, 0) is 25.3 Å². The maximum atomic E-state index is 8.82. The molecule has 1 heterocycles. The molecule has 0 aliphatic heterocycles. The Bertz CT molecular complexity index is 418. The van der Waals surface area contributed by atoms with Crippen molar-refractivity contribution in [1.82, 2.24) is 10.2 Å². The summed E-state index contributed by atoms with van der Waals surface area (Å²) in [6.07, 6.45) is 1.47. The summed E-state index contributed by atoms with van der Waals surface area (Å²) in [5.41, 5.74) is 7.99. The van der Waals surface area contributed by atoms with Crippen molar-refractivity contribution < 1.29 is 9.94 Å². The minimum atomic E-state index is 0.00917. The average molecular weight is 238 g/mol. The summed E-state index contributed by atoms with van der Waals surface area (Å²) in [5, 5.41) is 19.9. The molecule has 6 heteroatoms. The lowest BCUT2D eigenvalue weighted by Gasteiger charge is -2.13. The number of aryl methyl sites for hydroxylation is 1. The summed E-state index contributed by atoms with van der Waals surface area (Å²) in [6.45, 7) is 6.27. The lowest BCUT2D eigenvalue weighted by atomic mass is 10.0. The van der Waals surface area contributed by atoms with Crippen LogP contribution in [-0.2, 0) is 12.8 Å². The number of oxime groups is 1. The lowest BCUT2D eigenvalue weighted by Crippen LogP contribution is -2.20. The van der Waals surface area contributed by atoms with Gasteiger partial charge in [0.1, 0.15) is 0 Å². The molecule has 1 rings (SSSR count). The van der Waals surface area contributed by atoms with Crippen molar-refractivity contribution in [3.63, 3.8) is 0 Å². The molecule has 0 bridgehead atoms. The highest BCUT2D eigenvalue weighted by atomic mass is 16.5. The highest BCUT2D eigenvalue weighted by molar-refractivity contribution is 6.00. The number of amidine groups is 1. The molecule has 3 N–H and O–H groups in total. The summed E-state index contributed by atoms with van der Waals surface area (Å²) < 4.78 is 5.36. The highest BCUT2D eigenvalue weighted by Gasteiger charge is 2.18. The Morgan fingerprint density at radius 2 is 2.00 bits per heavy atom. The Balaban J connectivity index is 3.44. The molecule has 17 heavy (non-hydrogen) atoms. The molecule has 0 aliphatic carbocycles. The van der Waals surface area contributed by atoms with E-state index in [2.05, 4.69) is 15.4 Å². The summed E-state index contributed by atoms with van der Waals surface area (Å²) in [6, 6.07) is 0. The number of ether oxygens (including phenoxy) is 1. The highest BCUT2D eigenvalue weighted by Crippen LogP contribution is 2.22. The van der Waals surface area contributed by atoms with E-state index in [4.69, 9.17) is 15.7 Å². The van der Waals surface area contributed by atoms with Crippen molar-refractivity contribution in [2.75, 3.05) is 6.61 Å². The van der Waals surface area contributed by atoms with Gasteiger partial charge < -0.3 is 15.7 Å². The first-order chi connectivity index (χ1) is 8.19. The third-order valence-electron chi connectivity index (χ3n) is 2.46. The van der Waals surface area contributed by atoms with Gasteiger partial charge in [0.15, 0.2) is 5.84 Å². The largest absolute Gasteiger partial charge is 0.476 e. The minimum Gasteiger partial charge on any atom is -0.476 e. The molecule has 0 unspecified atom stereocenters. The molecular weight excluding hydrogens is 220 g/mol.